The fourth-order valence-electron chi connectivity index (χ4n) is 5.61. The molecule has 1 atom stereocenters. The van der Waals surface area contributed by atoms with Crippen molar-refractivity contribution < 1.29 is 28.3 Å². The molecule has 9 nitrogen and oxygen atoms in total. The van der Waals surface area contributed by atoms with Crippen LogP contribution in [0, 0.1) is 0 Å². The van der Waals surface area contributed by atoms with Crippen LogP contribution >= 0.6 is 0 Å². The monoisotopic (exact) mass is 607 g/mol. The van der Waals surface area contributed by atoms with E-state index in [0.717, 1.165) is 16.8 Å². The van der Waals surface area contributed by atoms with E-state index in [1.165, 1.54) is 0 Å². The number of carbonyl (C=O) groups excluding carboxylic acids is 3. The molecule has 1 aliphatic heterocycles. The van der Waals surface area contributed by atoms with Gasteiger partial charge in [-0.15, -0.1) is 0 Å². The number of nitrogens with two attached hydrogens (primary N) is 2. The van der Waals surface area contributed by atoms with Gasteiger partial charge in [0.1, 0.15) is 43.8 Å². The number of primary amides is 1. The van der Waals surface area contributed by atoms with Gasteiger partial charge in [0.2, 0.25) is 5.91 Å². The van der Waals surface area contributed by atoms with Gasteiger partial charge < -0.3 is 25.8 Å². The standard InChI is InChI=1S/C36H38N4O5/c37-32(24-34(38)41)36(43)40(20-18-39(19-21-40)30-14-8-3-9-15-30)35(42)22-29-16-17-31(44-25-27-10-4-1-5-11-27)23-33(29)45-26-28-12-6-2-7-13-28/h1-17,23,32H,18-22,24-26,37H2,(H-,38,41)/p+1/t32-/m0/s1. The van der Waals surface area contributed by atoms with E-state index in [2.05, 4.69) is 4.90 Å². The number of nitrogens with zero attached hydrogens (tertiary/aromatic N) is 2. The van der Waals surface area contributed by atoms with Crippen LogP contribution in [0.5, 0.6) is 11.5 Å². The maximum Gasteiger partial charge on any atom is 0.338 e. The van der Waals surface area contributed by atoms with Crippen LogP contribution in [0.25, 0.3) is 0 Å². The number of quaternary nitrogens is 1. The van der Waals surface area contributed by atoms with Gasteiger partial charge in [0, 0.05) is 17.3 Å². The van der Waals surface area contributed by atoms with Crippen molar-refractivity contribution in [1.82, 2.24) is 0 Å². The molecule has 3 amide bonds. The van der Waals surface area contributed by atoms with E-state index >= 15 is 0 Å². The van der Waals surface area contributed by atoms with E-state index in [-0.39, 0.29) is 31.8 Å². The molecule has 0 aliphatic carbocycles. The highest BCUT2D eigenvalue weighted by molar-refractivity contribution is 5.91. The molecule has 1 heterocycles. The van der Waals surface area contributed by atoms with Gasteiger partial charge in [0.05, 0.1) is 25.9 Å². The summed E-state index contributed by atoms with van der Waals surface area (Å²) in [6.45, 7) is 2.04. The van der Waals surface area contributed by atoms with E-state index in [1.54, 1.807) is 12.1 Å². The molecule has 4 aromatic carbocycles. The minimum Gasteiger partial charge on any atom is -0.489 e. The minimum absolute atomic E-state index is 0.0660. The van der Waals surface area contributed by atoms with Crippen molar-refractivity contribution in [1.29, 1.82) is 0 Å². The van der Waals surface area contributed by atoms with E-state index in [9.17, 15) is 14.4 Å². The van der Waals surface area contributed by atoms with Crippen molar-refractivity contribution in [2.24, 2.45) is 11.5 Å². The number of anilines is 1. The second-order valence-corrected chi connectivity index (χ2v) is 11.2. The van der Waals surface area contributed by atoms with Gasteiger partial charge in [0.15, 0.2) is 0 Å². The van der Waals surface area contributed by atoms with Crippen molar-refractivity contribution in [2.75, 3.05) is 31.1 Å². The number of para-hydroxylation sites is 1. The molecule has 1 aliphatic rings. The van der Waals surface area contributed by atoms with Crippen LogP contribution < -0.4 is 25.8 Å². The number of imide groups is 1. The molecule has 232 valence electrons. The number of ether oxygens (including phenoxy) is 2. The summed E-state index contributed by atoms with van der Waals surface area (Å²) < 4.78 is 11.8. The average Bonchev–Trinajstić information content (AvgIpc) is 3.07. The second-order valence-electron chi connectivity index (χ2n) is 11.2. The van der Waals surface area contributed by atoms with Gasteiger partial charge in [-0.1, -0.05) is 84.9 Å². The summed E-state index contributed by atoms with van der Waals surface area (Å²) in [5, 5.41) is 0. The van der Waals surface area contributed by atoms with Gasteiger partial charge in [-0.05, 0) is 29.3 Å². The normalized spacial score (nSPS) is 14.7. The van der Waals surface area contributed by atoms with Gasteiger partial charge in [-0.2, -0.15) is 4.48 Å². The fraction of sp³-hybridized carbons (Fsp3) is 0.250. The second kappa shape index (κ2) is 14.7. The number of benzene rings is 4. The van der Waals surface area contributed by atoms with Crippen molar-refractivity contribution >= 4 is 23.4 Å². The van der Waals surface area contributed by atoms with Gasteiger partial charge in [-0.25, -0.2) is 9.59 Å². The highest BCUT2D eigenvalue weighted by Gasteiger charge is 2.49. The van der Waals surface area contributed by atoms with Crippen LogP contribution in [0.3, 0.4) is 0 Å². The van der Waals surface area contributed by atoms with Crippen LogP contribution in [0.2, 0.25) is 0 Å². The summed E-state index contributed by atoms with van der Waals surface area (Å²) in [6, 6.07) is 33.6. The van der Waals surface area contributed by atoms with Crippen LogP contribution in [0.4, 0.5) is 5.69 Å². The zero-order valence-electron chi connectivity index (χ0n) is 25.2. The van der Waals surface area contributed by atoms with Crippen LogP contribution in [0.15, 0.2) is 109 Å². The zero-order valence-corrected chi connectivity index (χ0v) is 25.2. The lowest BCUT2D eigenvalue weighted by atomic mass is 10.0. The molecule has 4 aromatic rings. The molecule has 5 rings (SSSR count). The molecule has 0 saturated carbocycles. The Morgan fingerprint density at radius 3 is 1.89 bits per heavy atom. The van der Waals surface area contributed by atoms with E-state index in [0.29, 0.717) is 43.4 Å². The maximum atomic E-state index is 14.3. The molecule has 9 heteroatoms. The number of piperazine rings is 1. The SMILES string of the molecule is NC(=O)C[C@H](N)C(=O)[N+]1(C(=O)Cc2ccc(OCc3ccccc3)cc2OCc2ccccc2)CCN(c2ccccc2)CC1. The van der Waals surface area contributed by atoms with Crippen molar-refractivity contribution in [3.8, 4) is 11.5 Å². The van der Waals surface area contributed by atoms with E-state index in [1.807, 2.05) is 97.1 Å². The quantitative estimate of drug-likeness (QED) is 0.234. The first-order chi connectivity index (χ1) is 21.8. The number of rotatable bonds is 12. The third-order valence-electron chi connectivity index (χ3n) is 8.13. The van der Waals surface area contributed by atoms with E-state index in [4.69, 9.17) is 20.9 Å². The lowest BCUT2D eigenvalue weighted by molar-refractivity contribution is -0.781. The topological polar surface area (TPSA) is 125 Å². The summed E-state index contributed by atoms with van der Waals surface area (Å²) in [4.78, 5) is 41.9. The third kappa shape index (κ3) is 7.94. The Bertz CT molecular complexity index is 1590. The van der Waals surface area contributed by atoms with Gasteiger partial charge in [-0.3, -0.25) is 4.79 Å². The number of carbonyl (C=O) groups is 3. The summed E-state index contributed by atoms with van der Waals surface area (Å²) in [5.41, 5.74) is 15.2. The highest BCUT2D eigenvalue weighted by Crippen LogP contribution is 2.30. The molecule has 4 N–H and O–H groups in total. The Morgan fingerprint density at radius 2 is 1.31 bits per heavy atom. The molecule has 0 spiro atoms. The number of amides is 3. The minimum atomic E-state index is -1.18. The first-order valence-corrected chi connectivity index (χ1v) is 15.1. The molecule has 0 aromatic heterocycles. The molecule has 1 saturated heterocycles. The first-order valence-electron chi connectivity index (χ1n) is 15.1. The Labute approximate surface area is 263 Å². The van der Waals surface area contributed by atoms with Crippen LogP contribution in [-0.2, 0) is 34.0 Å². The molecular weight excluding hydrogens is 568 g/mol. The number of hydrogen-bond donors (Lipinski definition) is 2. The maximum absolute atomic E-state index is 14.3. The number of hydrogen-bond acceptors (Lipinski definition) is 7. The summed E-state index contributed by atoms with van der Waals surface area (Å²) in [6.07, 6.45) is -0.392. The largest absolute Gasteiger partial charge is 0.489 e. The predicted octanol–water partition coefficient (Wildman–Crippen LogP) is 3.98. The predicted molar refractivity (Wildman–Crippen MR) is 172 cm³/mol. The van der Waals surface area contributed by atoms with Crippen molar-refractivity contribution in [2.45, 2.75) is 32.1 Å². The molecule has 45 heavy (non-hydrogen) atoms. The Kier molecular flexibility index (Phi) is 10.2. The van der Waals surface area contributed by atoms with Gasteiger partial charge in [0.25, 0.3) is 0 Å². The molecule has 0 radical (unpaired) electrons. The first kappa shape index (κ1) is 31.4. The Balaban J connectivity index is 1.40. The fourth-order valence-corrected chi connectivity index (χ4v) is 5.61. The van der Waals surface area contributed by atoms with Crippen molar-refractivity contribution in [3.63, 3.8) is 0 Å². The third-order valence-corrected chi connectivity index (χ3v) is 8.13. The van der Waals surface area contributed by atoms with Crippen LogP contribution in [-0.4, -0.2) is 54.4 Å². The van der Waals surface area contributed by atoms with Crippen LogP contribution in [0.1, 0.15) is 23.1 Å². The molecular formula is C36H39N4O5+. The van der Waals surface area contributed by atoms with E-state index < -0.39 is 22.3 Å². The molecule has 1 fully saturated rings. The molecule has 0 bridgehead atoms. The lowest BCUT2D eigenvalue weighted by Crippen LogP contribution is -2.69. The zero-order chi connectivity index (χ0) is 31.6. The molecule has 0 unspecified atom stereocenters. The van der Waals surface area contributed by atoms with Gasteiger partial charge >= 0.3 is 11.8 Å². The summed E-state index contributed by atoms with van der Waals surface area (Å²) in [5.74, 6) is -0.408. The van der Waals surface area contributed by atoms with Crippen molar-refractivity contribution in [3.05, 3.63) is 126 Å². The Morgan fingerprint density at radius 1 is 0.756 bits per heavy atom. The lowest BCUT2D eigenvalue weighted by Gasteiger charge is -2.42. The summed E-state index contributed by atoms with van der Waals surface area (Å²) in [7, 11) is 0. The smallest absolute Gasteiger partial charge is 0.338 e. The Hall–Kier alpha value is -4.99. The summed E-state index contributed by atoms with van der Waals surface area (Å²) >= 11 is 0. The average molecular weight is 608 g/mol. The highest BCUT2D eigenvalue weighted by atomic mass is 16.5.